The van der Waals surface area contributed by atoms with E-state index in [9.17, 15) is 53.6 Å². The van der Waals surface area contributed by atoms with Crippen molar-refractivity contribution in [2.45, 2.75) is 539 Å². The number of hydrogen-bond acceptors (Lipinski definition) is 20. The number of aliphatic hydroxyl groups is 3. The summed E-state index contributed by atoms with van der Waals surface area (Å²) in [5.41, 5.74) is 0. The van der Waals surface area contributed by atoms with E-state index in [1.807, 2.05) is 0 Å². The Balaban J connectivity index is 2.69. The Kier molecular flexibility index (Phi) is 69.5. The Labute approximate surface area is 709 Å². The SMILES string of the molecule is CCCCCCCCCCCCCC(=O)O[C@H](CCCCCCCCCCC)CC(=O)O[C@@H]1[C@@H](NC(=O)C[C@@H](CCCCCCCCCCC)OC(=O)CCCCCCCCCCC)[C@@H](O[C@H]2O[C@H](CO)[C@@H](OC(=O)C[C@H](CCCCCCCCCCC)OC(=O)CCCCCCCCCCC)[C@H](O)[C@@H]2OC)O[C@H](CO)[C@H]1OP(=O)(O)O. The molecule has 0 aromatic rings. The van der Waals surface area contributed by atoms with Gasteiger partial charge < -0.3 is 73.1 Å². The molecule has 24 heteroatoms. The van der Waals surface area contributed by atoms with Gasteiger partial charge in [-0.3, -0.25) is 33.3 Å². The Morgan fingerprint density at radius 1 is 0.342 bits per heavy atom. The van der Waals surface area contributed by atoms with Crippen molar-refractivity contribution in [3.63, 3.8) is 0 Å². The van der Waals surface area contributed by atoms with Crippen LogP contribution in [0.25, 0.3) is 0 Å². The van der Waals surface area contributed by atoms with E-state index in [1.165, 1.54) is 148 Å². The summed E-state index contributed by atoms with van der Waals surface area (Å²) in [6, 6.07) is -1.83. The molecule has 23 nitrogen and oxygen atoms in total. The molecule has 0 aromatic heterocycles. The molecule has 0 saturated carbocycles. The lowest BCUT2D eigenvalue weighted by molar-refractivity contribution is -0.365. The molecule has 688 valence electrons. The van der Waals surface area contributed by atoms with Crippen LogP contribution in [0.3, 0.4) is 0 Å². The normalized spacial score (nSPS) is 20.4. The first-order valence-electron chi connectivity index (χ1n) is 48.2. The van der Waals surface area contributed by atoms with Crippen molar-refractivity contribution in [1.29, 1.82) is 0 Å². The number of methoxy groups -OCH3 is 1. The van der Waals surface area contributed by atoms with Crippen LogP contribution in [0.4, 0.5) is 0 Å². The number of carbonyl (C=O) groups excluding carboxylic acids is 6. The number of phosphoric acid groups is 1. The maximum Gasteiger partial charge on any atom is 0.470 e. The summed E-state index contributed by atoms with van der Waals surface area (Å²) in [6.07, 6.45) is 39.8. The smallest absolute Gasteiger partial charge is 0.462 e. The van der Waals surface area contributed by atoms with E-state index < -0.39 is 149 Å². The van der Waals surface area contributed by atoms with Crippen LogP contribution in [0.2, 0.25) is 0 Å². The summed E-state index contributed by atoms with van der Waals surface area (Å²) < 4.78 is 74.3. The molecule has 1 amide bonds. The minimum atomic E-state index is -5.61. The van der Waals surface area contributed by atoms with E-state index in [-0.39, 0.29) is 32.1 Å². The predicted molar refractivity (Wildman–Crippen MR) is 462 cm³/mol. The van der Waals surface area contributed by atoms with E-state index in [2.05, 4.69) is 46.9 Å². The Hall–Kier alpha value is -3.35. The molecule has 117 heavy (non-hydrogen) atoms. The van der Waals surface area contributed by atoms with Gasteiger partial charge in [-0.2, -0.15) is 0 Å². The molecule has 2 rings (SSSR count). The number of ether oxygens (including phenoxy) is 9. The van der Waals surface area contributed by atoms with Crippen LogP contribution in [0.5, 0.6) is 0 Å². The predicted octanol–water partition coefficient (Wildman–Crippen LogP) is 21.8. The number of aliphatic hydroxyl groups excluding tert-OH is 3. The van der Waals surface area contributed by atoms with E-state index in [4.69, 9.17) is 47.2 Å². The topological polar surface area (TPSA) is 325 Å². The highest BCUT2D eigenvalue weighted by Gasteiger charge is 2.56. The first-order chi connectivity index (χ1) is 56.8. The summed E-state index contributed by atoms with van der Waals surface area (Å²) >= 11 is 0. The van der Waals surface area contributed by atoms with E-state index in [0.29, 0.717) is 51.4 Å². The Morgan fingerprint density at radius 3 is 0.897 bits per heavy atom. The highest BCUT2D eigenvalue weighted by Crippen LogP contribution is 2.43. The second kappa shape index (κ2) is 74.1. The van der Waals surface area contributed by atoms with Gasteiger partial charge in [-0.05, 0) is 57.8 Å². The van der Waals surface area contributed by atoms with Crippen LogP contribution in [-0.2, 0) is 80.5 Å². The summed E-state index contributed by atoms with van der Waals surface area (Å²) in [6.45, 7) is 11.2. The number of nitrogens with one attached hydrogen (secondary N) is 1. The number of unbranched alkanes of at least 4 members (excludes halogenated alkanes) is 50. The fourth-order valence-corrected chi connectivity index (χ4v) is 16.7. The number of amides is 1. The van der Waals surface area contributed by atoms with Crippen LogP contribution < -0.4 is 5.32 Å². The summed E-state index contributed by atoms with van der Waals surface area (Å²) in [5.74, 6) is -4.07. The average molecular weight is 1690 g/mol. The second-order valence-corrected chi connectivity index (χ2v) is 35.3. The van der Waals surface area contributed by atoms with E-state index >= 15 is 4.79 Å². The fourth-order valence-electron chi connectivity index (χ4n) is 16.1. The maximum atomic E-state index is 15.1. The van der Waals surface area contributed by atoms with Gasteiger partial charge in [0.25, 0.3) is 0 Å². The summed E-state index contributed by atoms with van der Waals surface area (Å²) in [7, 11) is -4.39. The molecule has 2 saturated heterocycles. The van der Waals surface area contributed by atoms with Gasteiger partial charge in [0.15, 0.2) is 24.8 Å². The monoisotopic (exact) mass is 1690 g/mol. The molecule has 0 spiro atoms. The molecule has 0 unspecified atom stereocenters. The molecular formula is C93H174NO22P. The molecule has 2 aliphatic rings. The number of phosphoric ester groups is 1. The van der Waals surface area contributed by atoms with Crippen molar-refractivity contribution in [2.24, 2.45) is 0 Å². The van der Waals surface area contributed by atoms with E-state index in [0.717, 1.165) is 180 Å². The number of hydrogen-bond donors (Lipinski definition) is 6. The third-order valence-electron chi connectivity index (χ3n) is 23.2. The van der Waals surface area contributed by atoms with Gasteiger partial charge in [-0.1, -0.05) is 363 Å². The highest BCUT2D eigenvalue weighted by molar-refractivity contribution is 7.46. The molecule has 2 heterocycles. The van der Waals surface area contributed by atoms with Gasteiger partial charge in [0.2, 0.25) is 5.91 Å². The fraction of sp³-hybridized carbons (Fsp3) is 0.935. The van der Waals surface area contributed by atoms with Crippen molar-refractivity contribution < 1.29 is 106 Å². The van der Waals surface area contributed by atoms with Crippen LogP contribution in [-0.4, -0.2) is 161 Å². The molecule has 0 aliphatic carbocycles. The van der Waals surface area contributed by atoms with E-state index in [1.54, 1.807) is 0 Å². The minimum absolute atomic E-state index is 0.121. The third-order valence-corrected chi connectivity index (χ3v) is 23.7. The second-order valence-electron chi connectivity index (χ2n) is 34.1. The zero-order chi connectivity index (χ0) is 85.6. The third kappa shape index (κ3) is 56.9. The van der Waals surface area contributed by atoms with Crippen LogP contribution >= 0.6 is 7.82 Å². The number of carbonyl (C=O) groups is 6. The van der Waals surface area contributed by atoms with Crippen LogP contribution in [0.15, 0.2) is 0 Å². The van der Waals surface area contributed by atoms with Gasteiger partial charge in [0.1, 0.15) is 54.9 Å². The molecule has 6 N–H and O–H groups in total. The van der Waals surface area contributed by atoms with Crippen LogP contribution in [0.1, 0.15) is 459 Å². The minimum Gasteiger partial charge on any atom is -0.462 e. The largest absolute Gasteiger partial charge is 0.470 e. The zero-order valence-electron chi connectivity index (χ0n) is 75.0. The highest BCUT2D eigenvalue weighted by atomic mass is 31.2. The summed E-state index contributed by atoms with van der Waals surface area (Å²) in [5, 5.41) is 37.4. The lowest BCUT2D eigenvalue weighted by atomic mass is 9.95. The molecule has 2 aliphatic heterocycles. The zero-order valence-corrected chi connectivity index (χ0v) is 75.9. The van der Waals surface area contributed by atoms with Gasteiger partial charge in [-0.25, -0.2) is 4.57 Å². The average Bonchev–Trinajstić information content (AvgIpc) is 0.768. The van der Waals surface area contributed by atoms with Gasteiger partial charge in [-0.15, -0.1) is 0 Å². The molecule has 0 bridgehead atoms. The van der Waals surface area contributed by atoms with Gasteiger partial charge in [0.05, 0.1) is 32.5 Å². The van der Waals surface area contributed by atoms with Gasteiger partial charge in [0, 0.05) is 26.4 Å². The maximum absolute atomic E-state index is 15.1. The van der Waals surface area contributed by atoms with Crippen molar-refractivity contribution in [2.75, 3.05) is 20.3 Å². The lowest BCUT2D eigenvalue weighted by Gasteiger charge is -2.48. The van der Waals surface area contributed by atoms with Crippen molar-refractivity contribution in [3.05, 3.63) is 0 Å². The quantitative estimate of drug-likeness (QED) is 0.0143. The summed E-state index contributed by atoms with van der Waals surface area (Å²) in [4.78, 5) is 107. The number of rotatable bonds is 81. The standard InChI is InChI=1S/C93H174NO22P/c1-8-14-20-26-32-38-39-45-51-57-63-69-83(100)110-77(66-60-54-48-42-35-29-23-17-11-4)72-85(102)114-90-86(94-80(97)70-75(64-58-52-46-40-33-27-21-15-9-2)108-81(98)67-61-55-49-43-36-30-24-18-12-5)92(111-79(74-96)89(90)116-117(104,105)106)115-93-91(107-7)87(103)88(78(73-95)112-93)113-84(101)71-76(65-59-53-47-41-34-28-22-16-10-3)109-82(99)68-62-56-50-44-37-31-25-19-13-6/h75-79,86-93,95-96,103H,8-74H2,1-7H3,(H,94,97)(H2,104,105,106)/t75-,76+,77-,78-,79-,86-,87+,88-,89-,90-,91+,92-,93-/m1/s1. The Bertz CT molecular complexity index is 2460. The molecular weight excluding hydrogens is 1510 g/mol. The van der Waals surface area contributed by atoms with Gasteiger partial charge >= 0.3 is 37.7 Å². The number of esters is 5. The first-order valence-corrected chi connectivity index (χ1v) is 49.7. The lowest BCUT2D eigenvalue weighted by Crippen LogP contribution is -2.68. The molecule has 2 fully saturated rings. The first kappa shape index (κ1) is 110. The molecule has 13 atom stereocenters. The van der Waals surface area contributed by atoms with Crippen molar-refractivity contribution >= 4 is 43.6 Å². The van der Waals surface area contributed by atoms with Crippen molar-refractivity contribution in [3.8, 4) is 0 Å². The van der Waals surface area contributed by atoms with Crippen molar-refractivity contribution in [1.82, 2.24) is 5.32 Å². The molecule has 0 aromatic carbocycles. The van der Waals surface area contributed by atoms with Crippen LogP contribution in [0, 0.1) is 0 Å². The Morgan fingerprint density at radius 2 is 0.607 bits per heavy atom. The molecule has 0 radical (unpaired) electrons.